The Morgan fingerprint density at radius 2 is 2.22 bits per heavy atom. The number of hydrogen-bond donors (Lipinski definition) is 1. The summed E-state index contributed by atoms with van der Waals surface area (Å²) in [4.78, 5) is 0. The Labute approximate surface area is 107 Å². The Balaban J connectivity index is 1.62. The molecule has 1 aromatic heterocycles. The average Bonchev–Trinajstić information content (AvgIpc) is 3.03. The van der Waals surface area contributed by atoms with Crippen LogP contribution in [-0.2, 0) is 6.54 Å². The predicted octanol–water partition coefficient (Wildman–Crippen LogP) is 2.02. The van der Waals surface area contributed by atoms with E-state index in [9.17, 15) is 0 Å². The molecule has 2 heterocycles. The molecule has 18 heavy (non-hydrogen) atoms. The topological polar surface area (TPSA) is 39.1 Å². The van der Waals surface area contributed by atoms with E-state index in [1.165, 1.54) is 12.0 Å². The summed E-state index contributed by atoms with van der Waals surface area (Å²) in [6.45, 7) is 1.82. The third-order valence-electron chi connectivity index (χ3n) is 3.09. The first kappa shape index (κ1) is 11.3. The summed E-state index contributed by atoms with van der Waals surface area (Å²) >= 11 is 0. The molecule has 1 fully saturated rings. The van der Waals surface area contributed by atoms with Crippen molar-refractivity contribution in [2.24, 2.45) is 0 Å². The van der Waals surface area contributed by atoms with Crippen molar-refractivity contribution in [1.29, 1.82) is 0 Å². The van der Waals surface area contributed by atoms with E-state index in [1.807, 2.05) is 29.1 Å². The minimum absolute atomic E-state index is 0.152. The molecular weight excluding hydrogens is 226 g/mol. The number of ether oxygens (including phenoxy) is 1. The minimum atomic E-state index is 0.152. The van der Waals surface area contributed by atoms with Gasteiger partial charge in [-0.2, -0.15) is 5.10 Å². The van der Waals surface area contributed by atoms with E-state index >= 15 is 0 Å². The summed E-state index contributed by atoms with van der Waals surface area (Å²) in [6.07, 6.45) is 6.14. The van der Waals surface area contributed by atoms with Crippen LogP contribution >= 0.6 is 0 Å². The van der Waals surface area contributed by atoms with Crippen molar-refractivity contribution in [3.8, 4) is 5.75 Å². The maximum atomic E-state index is 5.80. The molecule has 0 saturated carbocycles. The standard InChI is InChI=1S/C14H17N3O/c1-2-5-12(6-3-1)10-17-11-13(9-16-17)18-14-7-4-8-15-14/h1-3,5-6,9,11,14-15H,4,7-8,10H2. The molecule has 3 rings (SSSR count). The first-order valence-electron chi connectivity index (χ1n) is 6.36. The second-order valence-electron chi connectivity index (χ2n) is 4.56. The first-order valence-corrected chi connectivity index (χ1v) is 6.36. The van der Waals surface area contributed by atoms with Crippen LogP contribution in [0.5, 0.6) is 5.75 Å². The van der Waals surface area contributed by atoms with Gasteiger partial charge in [0.2, 0.25) is 0 Å². The molecule has 0 radical (unpaired) electrons. The molecule has 4 nitrogen and oxygen atoms in total. The SMILES string of the molecule is c1ccc(Cn2cc(OC3CCCN3)cn2)cc1. The zero-order valence-corrected chi connectivity index (χ0v) is 10.2. The quantitative estimate of drug-likeness (QED) is 0.893. The zero-order chi connectivity index (χ0) is 12.2. The Bertz CT molecular complexity index is 489. The van der Waals surface area contributed by atoms with Crippen molar-refractivity contribution >= 4 is 0 Å². The van der Waals surface area contributed by atoms with Crippen LogP contribution in [-0.4, -0.2) is 22.6 Å². The Kier molecular flexibility index (Phi) is 3.28. The largest absolute Gasteiger partial charge is 0.472 e. The van der Waals surface area contributed by atoms with E-state index in [-0.39, 0.29) is 6.23 Å². The molecular formula is C14H17N3O. The van der Waals surface area contributed by atoms with E-state index in [1.54, 1.807) is 6.20 Å². The van der Waals surface area contributed by atoms with Crippen molar-refractivity contribution in [3.63, 3.8) is 0 Å². The van der Waals surface area contributed by atoms with Crippen LogP contribution in [0.4, 0.5) is 0 Å². The van der Waals surface area contributed by atoms with Gasteiger partial charge in [0.1, 0.15) is 6.23 Å². The lowest BCUT2D eigenvalue weighted by Gasteiger charge is -2.10. The highest BCUT2D eigenvalue weighted by Gasteiger charge is 2.15. The molecule has 0 amide bonds. The number of hydrogen-bond acceptors (Lipinski definition) is 3. The monoisotopic (exact) mass is 243 g/mol. The number of aromatic nitrogens is 2. The van der Waals surface area contributed by atoms with Gasteiger partial charge in [0.15, 0.2) is 5.75 Å². The van der Waals surface area contributed by atoms with Crippen molar-refractivity contribution in [1.82, 2.24) is 15.1 Å². The average molecular weight is 243 g/mol. The molecule has 0 bridgehead atoms. The molecule has 1 saturated heterocycles. The lowest BCUT2D eigenvalue weighted by atomic mass is 10.2. The van der Waals surface area contributed by atoms with E-state index in [4.69, 9.17) is 4.74 Å². The maximum absolute atomic E-state index is 5.80. The van der Waals surface area contributed by atoms with Crippen molar-refractivity contribution in [2.75, 3.05) is 6.54 Å². The molecule has 2 aromatic rings. The molecule has 1 aromatic carbocycles. The summed E-state index contributed by atoms with van der Waals surface area (Å²) < 4.78 is 7.70. The summed E-state index contributed by atoms with van der Waals surface area (Å²) in [6, 6.07) is 10.3. The molecule has 94 valence electrons. The van der Waals surface area contributed by atoms with Gasteiger partial charge in [0.05, 0.1) is 18.9 Å². The van der Waals surface area contributed by atoms with Crippen molar-refractivity contribution < 1.29 is 4.74 Å². The highest BCUT2D eigenvalue weighted by Crippen LogP contribution is 2.15. The zero-order valence-electron chi connectivity index (χ0n) is 10.2. The van der Waals surface area contributed by atoms with Crippen molar-refractivity contribution in [3.05, 3.63) is 48.3 Å². The Hall–Kier alpha value is -1.81. The number of rotatable bonds is 4. The molecule has 1 aliphatic rings. The number of nitrogens with zero attached hydrogens (tertiary/aromatic N) is 2. The van der Waals surface area contributed by atoms with E-state index < -0.39 is 0 Å². The van der Waals surface area contributed by atoms with E-state index in [2.05, 4.69) is 22.5 Å². The highest BCUT2D eigenvalue weighted by atomic mass is 16.5. The van der Waals surface area contributed by atoms with Gasteiger partial charge >= 0.3 is 0 Å². The second-order valence-corrected chi connectivity index (χ2v) is 4.56. The van der Waals surface area contributed by atoms with Gasteiger partial charge in [0.25, 0.3) is 0 Å². The fraction of sp³-hybridized carbons (Fsp3) is 0.357. The highest BCUT2D eigenvalue weighted by molar-refractivity contribution is 5.17. The van der Waals surface area contributed by atoms with Crippen LogP contribution in [0.25, 0.3) is 0 Å². The molecule has 1 atom stereocenters. The maximum Gasteiger partial charge on any atom is 0.159 e. The fourth-order valence-corrected chi connectivity index (χ4v) is 2.18. The van der Waals surface area contributed by atoms with Crippen LogP contribution in [0, 0.1) is 0 Å². The first-order chi connectivity index (χ1) is 8.90. The minimum Gasteiger partial charge on any atom is -0.472 e. The smallest absolute Gasteiger partial charge is 0.159 e. The van der Waals surface area contributed by atoms with E-state index in [0.29, 0.717) is 0 Å². The second kappa shape index (κ2) is 5.23. The van der Waals surface area contributed by atoms with Crippen molar-refractivity contribution in [2.45, 2.75) is 25.6 Å². The summed E-state index contributed by atoms with van der Waals surface area (Å²) in [5.41, 5.74) is 1.24. The lowest BCUT2D eigenvalue weighted by Crippen LogP contribution is -2.27. The summed E-state index contributed by atoms with van der Waals surface area (Å²) in [5.74, 6) is 0.838. The van der Waals surface area contributed by atoms with Gasteiger partial charge in [-0.25, -0.2) is 0 Å². The molecule has 1 N–H and O–H groups in total. The van der Waals surface area contributed by atoms with E-state index in [0.717, 1.165) is 25.3 Å². The van der Waals surface area contributed by atoms with Gasteiger partial charge in [0, 0.05) is 0 Å². The third-order valence-corrected chi connectivity index (χ3v) is 3.09. The normalized spacial score (nSPS) is 19.0. The molecule has 1 unspecified atom stereocenters. The molecule has 0 spiro atoms. The van der Waals surface area contributed by atoms with Crippen LogP contribution in [0.15, 0.2) is 42.7 Å². The van der Waals surface area contributed by atoms with Gasteiger partial charge in [-0.3, -0.25) is 10.00 Å². The van der Waals surface area contributed by atoms with Gasteiger partial charge in [-0.05, 0) is 24.9 Å². The third kappa shape index (κ3) is 2.71. The Morgan fingerprint density at radius 3 is 3.00 bits per heavy atom. The van der Waals surface area contributed by atoms with Crippen LogP contribution in [0.2, 0.25) is 0 Å². The lowest BCUT2D eigenvalue weighted by molar-refractivity contribution is 0.187. The summed E-state index contributed by atoms with van der Waals surface area (Å²) in [7, 11) is 0. The number of benzene rings is 1. The fourth-order valence-electron chi connectivity index (χ4n) is 2.18. The molecule has 1 aliphatic heterocycles. The van der Waals surface area contributed by atoms with Gasteiger partial charge in [-0.15, -0.1) is 0 Å². The predicted molar refractivity (Wildman–Crippen MR) is 69.4 cm³/mol. The van der Waals surface area contributed by atoms with Crippen LogP contribution in [0.1, 0.15) is 18.4 Å². The van der Waals surface area contributed by atoms with Crippen LogP contribution in [0.3, 0.4) is 0 Å². The molecule has 4 heteroatoms. The number of nitrogens with one attached hydrogen (secondary N) is 1. The summed E-state index contributed by atoms with van der Waals surface area (Å²) in [5, 5.41) is 7.62. The van der Waals surface area contributed by atoms with Gasteiger partial charge < -0.3 is 4.74 Å². The molecule has 0 aliphatic carbocycles. The van der Waals surface area contributed by atoms with Crippen LogP contribution < -0.4 is 10.1 Å². The Morgan fingerprint density at radius 1 is 1.33 bits per heavy atom. The van der Waals surface area contributed by atoms with Gasteiger partial charge in [-0.1, -0.05) is 30.3 Å².